The molecule has 1 fully saturated rings. The average Bonchev–Trinajstić information content (AvgIpc) is 3.29. The van der Waals surface area contributed by atoms with Crippen molar-refractivity contribution < 1.29 is 8.42 Å². The zero-order valence-electron chi connectivity index (χ0n) is 13.0. The lowest BCUT2D eigenvalue weighted by Crippen LogP contribution is -2.29. The first kappa shape index (κ1) is 16.5. The summed E-state index contributed by atoms with van der Waals surface area (Å²) in [6.07, 6.45) is 5.47. The summed E-state index contributed by atoms with van der Waals surface area (Å²) in [7, 11) is -1.71. The third-order valence-electron chi connectivity index (χ3n) is 3.90. The van der Waals surface area contributed by atoms with Gasteiger partial charge in [-0.25, -0.2) is 12.7 Å². The van der Waals surface area contributed by atoms with E-state index in [9.17, 15) is 8.42 Å². The van der Waals surface area contributed by atoms with E-state index >= 15 is 0 Å². The number of hydrogen-bond donors (Lipinski definition) is 1. The van der Waals surface area contributed by atoms with Crippen LogP contribution in [0.25, 0.3) is 0 Å². The molecule has 1 aliphatic carbocycles. The van der Waals surface area contributed by atoms with Gasteiger partial charge >= 0.3 is 0 Å². The van der Waals surface area contributed by atoms with E-state index in [0.29, 0.717) is 24.0 Å². The summed E-state index contributed by atoms with van der Waals surface area (Å²) >= 11 is 0. The van der Waals surface area contributed by atoms with Gasteiger partial charge < -0.3 is 5.32 Å². The first-order valence-corrected chi connectivity index (χ1v) is 9.27. The molecule has 118 valence electrons. The largest absolute Gasteiger partial charge is 0.310 e. The van der Waals surface area contributed by atoms with Crippen LogP contribution >= 0.6 is 0 Å². The minimum atomic E-state index is -3.38. The maximum atomic E-state index is 12.7. The van der Waals surface area contributed by atoms with Gasteiger partial charge in [0.15, 0.2) is 0 Å². The van der Waals surface area contributed by atoms with E-state index in [0.717, 1.165) is 24.8 Å². The van der Waals surface area contributed by atoms with Gasteiger partial charge in [0, 0.05) is 26.2 Å². The molecule has 1 aliphatic rings. The van der Waals surface area contributed by atoms with E-state index < -0.39 is 10.0 Å². The highest BCUT2D eigenvalue weighted by Crippen LogP contribution is 2.23. The fourth-order valence-electron chi connectivity index (χ4n) is 2.32. The minimum absolute atomic E-state index is 0.442. The molecule has 0 amide bonds. The van der Waals surface area contributed by atoms with Crippen molar-refractivity contribution in [2.75, 3.05) is 13.6 Å². The third kappa shape index (κ3) is 4.53. The maximum absolute atomic E-state index is 12.7. The van der Waals surface area contributed by atoms with Crippen LogP contribution in [0, 0.1) is 0 Å². The molecule has 0 unspecified atom stereocenters. The highest BCUT2D eigenvalue weighted by Gasteiger charge is 2.25. The lowest BCUT2D eigenvalue weighted by molar-refractivity contribution is 0.453. The first-order chi connectivity index (χ1) is 10.1. The Morgan fingerprint density at radius 3 is 2.62 bits per heavy atom. The number of nitrogens with one attached hydrogen (secondary N) is 1. The lowest BCUT2D eigenvalue weighted by Gasteiger charge is -2.19. The van der Waals surface area contributed by atoms with Crippen molar-refractivity contribution in [1.82, 2.24) is 9.62 Å². The standard InChI is InChI=1S/C16H26N2O2S/c1-3-4-7-12-18(2)21(19,20)16-9-6-5-8-14(16)13-17-15-10-11-15/h5-6,8-9,15,17H,3-4,7,10-13H2,1-2H3. The summed E-state index contributed by atoms with van der Waals surface area (Å²) in [5.74, 6) is 0. The van der Waals surface area contributed by atoms with Crippen LogP contribution in [-0.2, 0) is 16.6 Å². The van der Waals surface area contributed by atoms with Crippen LogP contribution in [0.2, 0.25) is 0 Å². The maximum Gasteiger partial charge on any atom is 0.243 e. The lowest BCUT2D eigenvalue weighted by atomic mass is 10.2. The van der Waals surface area contributed by atoms with E-state index in [2.05, 4.69) is 12.2 Å². The molecule has 5 heteroatoms. The molecule has 1 saturated carbocycles. The molecule has 0 aromatic heterocycles. The molecule has 1 N–H and O–H groups in total. The van der Waals surface area contributed by atoms with Crippen LogP contribution in [-0.4, -0.2) is 32.4 Å². The summed E-state index contributed by atoms with van der Waals surface area (Å²) < 4.78 is 26.9. The predicted molar refractivity (Wildman–Crippen MR) is 85.6 cm³/mol. The minimum Gasteiger partial charge on any atom is -0.310 e. The Balaban J connectivity index is 2.10. The quantitative estimate of drug-likeness (QED) is 0.714. The van der Waals surface area contributed by atoms with Crippen molar-refractivity contribution in [3.63, 3.8) is 0 Å². The normalized spacial score (nSPS) is 15.6. The number of hydrogen-bond acceptors (Lipinski definition) is 3. The second kappa shape index (κ2) is 7.38. The van der Waals surface area contributed by atoms with E-state index in [-0.39, 0.29) is 0 Å². The van der Waals surface area contributed by atoms with Gasteiger partial charge in [0.1, 0.15) is 0 Å². The summed E-state index contributed by atoms with van der Waals surface area (Å²) in [5.41, 5.74) is 0.867. The Labute approximate surface area is 128 Å². The van der Waals surface area contributed by atoms with Crippen molar-refractivity contribution in [2.45, 2.75) is 56.5 Å². The van der Waals surface area contributed by atoms with Gasteiger partial charge in [0.25, 0.3) is 0 Å². The van der Waals surface area contributed by atoms with Gasteiger partial charge in [-0.3, -0.25) is 0 Å². The summed E-state index contributed by atoms with van der Waals surface area (Å²) in [6, 6.07) is 7.90. The van der Waals surface area contributed by atoms with Gasteiger partial charge in [-0.1, -0.05) is 38.0 Å². The van der Waals surface area contributed by atoms with Crippen LogP contribution in [0.15, 0.2) is 29.2 Å². The second-order valence-corrected chi connectivity index (χ2v) is 7.81. The van der Waals surface area contributed by atoms with Crippen LogP contribution in [0.1, 0.15) is 44.6 Å². The van der Waals surface area contributed by atoms with Gasteiger partial charge in [-0.15, -0.1) is 0 Å². The Kier molecular flexibility index (Phi) is 5.79. The Bertz CT molecular complexity index is 553. The number of sulfonamides is 1. The van der Waals surface area contributed by atoms with Crippen molar-refractivity contribution >= 4 is 10.0 Å². The van der Waals surface area contributed by atoms with E-state index in [1.165, 1.54) is 17.1 Å². The van der Waals surface area contributed by atoms with Crippen molar-refractivity contribution in [3.05, 3.63) is 29.8 Å². The van der Waals surface area contributed by atoms with Crippen molar-refractivity contribution in [3.8, 4) is 0 Å². The molecule has 4 nitrogen and oxygen atoms in total. The van der Waals surface area contributed by atoms with Crippen LogP contribution in [0.4, 0.5) is 0 Å². The molecule has 0 heterocycles. The van der Waals surface area contributed by atoms with Gasteiger partial charge in [-0.05, 0) is 30.9 Å². The average molecular weight is 310 g/mol. The monoisotopic (exact) mass is 310 g/mol. The molecule has 0 atom stereocenters. The highest BCUT2D eigenvalue weighted by molar-refractivity contribution is 7.89. The predicted octanol–water partition coefficient (Wildman–Crippen LogP) is 2.75. The molecule has 21 heavy (non-hydrogen) atoms. The molecular formula is C16H26N2O2S. The topological polar surface area (TPSA) is 49.4 Å². The number of unbranched alkanes of at least 4 members (excludes halogenated alkanes) is 2. The van der Waals surface area contributed by atoms with Crippen molar-refractivity contribution in [1.29, 1.82) is 0 Å². The summed E-state index contributed by atoms with van der Waals surface area (Å²) in [5, 5.41) is 3.39. The molecule has 2 rings (SSSR count). The molecule has 1 aromatic carbocycles. The Hall–Kier alpha value is -0.910. The molecule has 0 bridgehead atoms. The van der Waals surface area contributed by atoms with E-state index in [1.807, 2.05) is 12.1 Å². The molecule has 0 saturated heterocycles. The number of rotatable bonds is 9. The zero-order chi connectivity index (χ0) is 15.3. The highest BCUT2D eigenvalue weighted by atomic mass is 32.2. The molecule has 1 aromatic rings. The molecule has 0 radical (unpaired) electrons. The second-order valence-electron chi connectivity index (χ2n) is 5.80. The third-order valence-corrected chi connectivity index (χ3v) is 5.85. The summed E-state index contributed by atoms with van der Waals surface area (Å²) in [4.78, 5) is 0.442. The number of nitrogens with zero attached hydrogens (tertiary/aromatic N) is 1. The fraction of sp³-hybridized carbons (Fsp3) is 0.625. The Morgan fingerprint density at radius 1 is 1.24 bits per heavy atom. The van der Waals surface area contributed by atoms with Gasteiger partial charge in [-0.2, -0.15) is 0 Å². The van der Waals surface area contributed by atoms with Crippen molar-refractivity contribution in [2.24, 2.45) is 0 Å². The fourth-order valence-corrected chi connectivity index (χ4v) is 3.74. The Morgan fingerprint density at radius 2 is 1.95 bits per heavy atom. The van der Waals surface area contributed by atoms with Gasteiger partial charge in [0.05, 0.1) is 4.90 Å². The first-order valence-electron chi connectivity index (χ1n) is 7.83. The molecule has 0 spiro atoms. The van der Waals surface area contributed by atoms with E-state index in [1.54, 1.807) is 19.2 Å². The van der Waals surface area contributed by atoms with Crippen LogP contribution < -0.4 is 5.32 Å². The van der Waals surface area contributed by atoms with Crippen LogP contribution in [0.5, 0.6) is 0 Å². The number of benzene rings is 1. The summed E-state index contributed by atoms with van der Waals surface area (Å²) in [6.45, 7) is 3.33. The van der Waals surface area contributed by atoms with Crippen LogP contribution in [0.3, 0.4) is 0 Å². The van der Waals surface area contributed by atoms with Gasteiger partial charge in [0.2, 0.25) is 10.0 Å². The smallest absolute Gasteiger partial charge is 0.243 e. The SMILES string of the molecule is CCCCCN(C)S(=O)(=O)c1ccccc1CNC1CC1. The molecular weight excluding hydrogens is 284 g/mol. The molecule has 0 aliphatic heterocycles. The zero-order valence-corrected chi connectivity index (χ0v) is 13.8. The van der Waals surface area contributed by atoms with E-state index in [4.69, 9.17) is 0 Å².